The van der Waals surface area contributed by atoms with Crippen LogP contribution in [-0.4, -0.2) is 17.2 Å². The largest absolute Gasteiger partial charge is 0.365 e. The van der Waals surface area contributed by atoms with E-state index in [1.807, 2.05) is 0 Å². The standard InChI is InChI=1S/C23H17Cl2N3O2/c1-15-23(30,17-4-2-3-16(13-17)14-26)28(21-11-7-19(25)8-12-21)22(29)27(15)20-9-5-18(24)6-10-20/h2-13,15,30H,1H3/t15-,23?/m1/s1. The predicted molar refractivity (Wildman–Crippen MR) is 118 cm³/mol. The molecule has 0 saturated carbocycles. The number of halogens is 2. The van der Waals surface area contributed by atoms with E-state index in [9.17, 15) is 15.2 Å². The van der Waals surface area contributed by atoms with Crippen molar-refractivity contribution in [2.24, 2.45) is 0 Å². The Bertz CT molecular complexity index is 1140. The zero-order chi connectivity index (χ0) is 21.5. The second-order valence-electron chi connectivity index (χ2n) is 7.04. The van der Waals surface area contributed by atoms with Crippen molar-refractivity contribution in [3.8, 4) is 6.07 Å². The molecule has 0 aromatic heterocycles. The van der Waals surface area contributed by atoms with Gasteiger partial charge in [0.15, 0.2) is 5.72 Å². The monoisotopic (exact) mass is 437 g/mol. The number of aliphatic hydroxyl groups is 1. The van der Waals surface area contributed by atoms with Gasteiger partial charge in [-0.05, 0) is 67.6 Å². The number of carbonyl (C=O) groups is 1. The molecule has 3 aromatic rings. The topological polar surface area (TPSA) is 67.6 Å². The van der Waals surface area contributed by atoms with Gasteiger partial charge in [0.2, 0.25) is 0 Å². The highest BCUT2D eigenvalue weighted by Crippen LogP contribution is 2.44. The second kappa shape index (κ2) is 7.66. The van der Waals surface area contributed by atoms with Crippen molar-refractivity contribution in [2.45, 2.75) is 18.7 Å². The van der Waals surface area contributed by atoms with Gasteiger partial charge in [-0.1, -0.05) is 35.3 Å². The van der Waals surface area contributed by atoms with Crippen LogP contribution in [0, 0.1) is 11.3 Å². The van der Waals surface area contributed by atoms with Crippen LogP contribution in [0.15, 0.2) is 72.8 Å². The number of amides is 2. The Morgan fingerprint density at radius 3 is 2.10 bits per heavy atom. The highest BCUT2D eigenvalue weighted by molar-refractivity contribution is 6.31. The van der Waals surface area contributed by atoms with Crippen LogP contribution in [0.1, 0.15) is 18.1 Å². The third-order valence-corrected chi connectivity index (χ3v) is 5.82. The number of anilines is 2. The van der Waals surface area contributed by atoms with E-state index in [-0.39, 0.29) is 0 Å². The molecule has 0 bridgehead atoms. The van der Waals surface area contributed by atoms with Crippen LogP contribution < -0.4 is 9.80 Å². The summed E-state index contributed by atoms with van der Waals surface area (Å²) in [6, 6.07) is 21.2. The van der Waals surface area contributed by atoms with Crippen LogP contribution in [0.5, 0.6) is 0 Å². The highest BCUT2D eigenvalue weighted by Gasteiger charge is 2.56. The molecular weight excluding hydrogens is 421 g/mol. The third kappa shape index (κ3) is 3.20. The Balaban J connectivity index is 1.91. The lowest BCUT2D eigenvalue weighted by Gasteiger charge is -2.35. The van der Waals surface area contributed by atoms with Gasteiger partial charge in [-0.3, -0.25) is 9.80 Å². The van der Waals surface area contributed by atoms with Crippen molar-refractivity contribution in [1.29, 1.82) is 5.26 Å². The van der Waals surface area contributed by atoms with Gasteiger partial charge in [-0.25, -0.2) is 4.79 Å². The van der Waals surface area contributed by atoms with Crippen molar-refractivity contribution in [1.82, 2.24) is 0 Å². The van der Waals surface area contributed by atoms with Gasteiger partial charge in [0.05, 0.1) is 17.7 Å². The van der Waals surface area contributed by atoms with Gasteiger partial charge in [0, 0.05) is 27.0 Å². The van der Waals surface area contributed by atoms with E-state index in [4.69, 9.17) is 23.2 Å². The summed E-state index contributed by atoms with van der Waals surface area (Å²) in [6.07, 6.45) is 0. The van der Waals surface area contributed by atoms with Crippen molar-refractivity contribution < 1.29 is 9.90 Å². The lowest BCUT2D eigenvalue weighted by molar-refractivity contribution is 0.0372. The van der Waals surface area contributed by atoms with E-state index in [0.29, 0.717) is 32.5 Å². The van der Waals surface area contributed by atoms with Crippen LogP contribution in [-0.2, 0) is 5.72 Å². The summed E-state index contributed by atoms with van der Waals surface area (Å²) < 4.78 is 0. The van der Waals surface area contributed by atoms with Gasteiger partial charge in [-0.2, -0.15) is 5.26 Å². The zero-order valence-corrected chi connectivity index (χ0v) is 17.5. The van der Waals surface area contributed by atoms with Crippen LogP contribution in [0.2, 0.25) is 10.0 Å². The fourth-order valence-corrected chi connectivity index (χ4v) is 4.06. The number of nitriles is 1. The van der Waals surface area contributed by atoms with E-state index < -0.39 is 17.8 Å². The van der Waals surface area contributed by atoms with Gasteiger partial charge >= 0.3 is 6.03 Å². The molecule has 1 aliphatic heterocycles. The molecule has 150 valence electrons. The summed E-state index contributed by atoms with van der Waals surface area (Å²) in [6.45, 7) is 1.77. The fourth-order valence-electron chi connectivity index (χ4n) is 3.81. The van der Waals surface area contributed by atoms with Crippen LogP contribution in [0.25, 0.3) is 0 Å². The molecule has 0 aliphatic carbocycles. The number of rotatable bonds is 3. The van der Waals surface area contributed by atoms with E-state index in [0.717, 1.165) is 0 Å². The molecule has 2 atom stereocenters. The molecule has 1 saturated heterocycles. The average Bonchev–Trinajstić information content (AvgIpc) is 2.96. The van der Waals surface area contributed by atoms with Crippen LogP contribution in [0.3, 0.4) is 0 Å². The van der Waals surface area contributed by atoms with E-state index in [2.05, 4.69) is 6.07 Å². The number of nitrogens with zero attached hydrogens (tertiary/aromatic N) is 3. The first kappa shape index (κ1) is 20.2. The molecule has 5 nitrogen and oxygen atoms in total. The maximum atomic E-state index is 13.6. The lowest BCUT2D eigenvalue weighted by Crippen LogP contribution is -2.48. The molecule has 30 heavy (non-hydrogen) atoms. The molecule has 1 fully saturated rings. The number of carbonyl (C=O) groups excluding carboxylic acids is 1. The number of hydrogen-bond donors (Lipinski definition) is 1. The Morgan fingerprint density at radius 2 is 1.53 bits per heavy atom. The van der Waals surface area contributed by atoms with Crippen molar-refractivity contribution in [3.63, 3.8) is 0 Å². The van der Waals surface area contributed by atoms with Gasteiger partial charge in [-0.15, -0.1) is 0 Å². The third-order valence-electron chi connectivity index (χ3n) is 5.31. The fraction of sp³-hybridized carbons (Fsp3) is 0.130. The Labute approximate surface area is 184 Å². The van der Waals surface area contributed by atoms with Crippen LogP contribution >= 0.6 is 23.2 Å². The number of urea groups is 1. The van der Waals surface area contributed by atoms with Crippen LogP contribution in [0.4, 0.5) is 16.2 Å². The SMILES string of the molecule is C[C@H]1N(c2ccc(Cl)cc2)C(=O)N(c2ccc(Cl)cc2)C1(O)c1cccc(C#N)c1. The van der Waals surface area contributed by atoms with Crippen molar-refractivity contribution >= 4 is 40.6 Å². The minimum absolute atomic E-state index is 0.390. The summed E-state index contributed by atoms with van der Waals surface area (Å²) in [5, 5.41) is 22.4. The molecular formula is C23H17Cl2N3O2. The average molecular weight is 438 g/mol. The predicted octanol–water partition coefficient (Wildman–Crippen LogP) is 5.55. The van der Waals surface area contributed by atoms with Crippen molar-refractivity contribution in [3.05, 3.63) is 94.0 Å². The van der Waals surface area contributed by atoms with E-state index in [1.165, 1.54) is 9.80 Å². The summed E-state index contributed by atoms with van der Waals surface area (Å²) in [4.78, 5) is 16.4. The Kier molecular flexibility index (Phi) is 5.17. The lowest BCUT2D eigenvalue weighted by atomic mass is 9.93. The molecule has 1 aliphatic rings. The van der Waals surface area contributed by atoms with Gasteiger partial charge < -0.3 is 5.11 Å². The zero-order valence-electron chi connectivity index (χ0n) is 16.0. The molecule has 0 radical (unpaired) electrons. The van der Waals surface area contributed by atoms with Gasteiger partial charge in [0.1, 0.15) is 0 Å². The molecule has 1 unspecified atom stereocenters. The molecule has 4 rings (SSSR count). The smallest absolute Gasteiger partial charge is 0.332 e. The molecule has 0 spiro atoms. The normalized spacial score (nSPS) is 21.0. The summed E-state index contributed by atoms with van der Waals surface area (Å²) in [7, 11) is 0. The summed E-state index contributed by atoms with van der Waals surface area (Å²) >= 11 is 12.0. The van der Waals surface area contributed by atoms with E-state index in [1.54, 1.807) is 79.7 Å². The quantitative estimate of drug-likeness (QED) is 0.584. The highest BCUT2D eigenvalue weighted by atomic mass is 35.5. The summed E-state index contributed by atoms with van der Waals surface area (Å²) in [5.74, 6) is 0. The maximum Gasteiger partial charge on any atom is 0.332 e. The Hall–Kier alpha value is -3.04. The summed E-state index contributed by atoms with van der Waals surface area (Å²) in [5.41, 5.74) is 0.188. The number of hydrogen-bond acceptors (Lipinski definition) is 3. The van der Waals surface area contributed by atoms with Gasteiger partial charge in [0.25, 0.3) is 0 Å². The maximum absolute atomic E-state index is 13.6. The van der Waals surface area contributed by atoms with E-state index >= 15 is 0 Å². The first-order chi connectivity index (χ1) is 14.4. The second-order valence-corrected chi connectivity index (χ2v) is 7.91. The minimum Gasteiger partial charge on any atom is -0.365 e. The number of benzene rings is 3. The molecule has 1 N–H and O–H groups in total. The first-order valence-corrected chi connectivity index (χ1v) is 9.99. The first-order valence-electron chi connectivity index (χ1n) is 9.24. The van der Waals surface area contributed by atoms with Crippen molar-refractivity contribution in [2.75, 3.05) is 9.80 Å². The minimum atomic E-state index is -1.72. The molecule has 2 amide bonds. The molecule has 1 heterocycles. The molecule has 3 aromatic carbocycles. The Morgan fingerprint density at radius 1 is 0.967 bits per heavy atom. The molecule has 7 heteroatoms.